The van der Waals surface area contributed by atoms with Gasteiger partial charge in [0.1, 0.15) is 33.6 Å². The van der Waals surface area contributed by atoms with Crippen LogP contribution < -0.4 is 14.2 Å². The summed E-state index contributed by atoms with van der Waals surface area (Å²) in [7, 11) is -6.88. The normalized spacial score (nSPS) is 11.8. The van der Waals surface area contributed by atoms with Crippen molar-refractivity contribution in [1.82, 2.24) is 0 Å². The summed E-state index contributed by atoms with van der Waals surface area (Å²) in [6.45, 7) is 6.80. The van der Waals surface area contributed by atoms with Gasteiger partial charge in [0.15, 0.2) is 40.7 Å². The van der Waals surface area contributed by atoms with Crippen LogP contribution >= 0.6 is 0 Å². The van der Waals surface area contributed by atoms with Crippen molar-refractivity contribution in [2.24, 2.45) is 0 Å². The lowest BCUT2D eigenvalue weighted by molar-refractivity contribution is 0.103. The van der Waals surface area contributed by atoms with E-state index in [0.29, 0.717) is 29.2 Å². The summed E-state index contributed by atoms with van der Waals surface area (Å²) in [6.07, 6.45) is 0. The standard InChI is InChI=1S/C45H34F8O10S2/c1-19-12-26(27-14-21(3)44(22(4)15-27)63-45-40(52)38(50)33(39(51)41(45)53)32-36(48)34(46)23(5)35(47)37(32)49)13-20(2)43(19)62-29-10-8-24(16-28(29)18-64(55,56)57)42(54)25-9-11-30(60-6)31(17-25)65(58,59)61-7/h8-17H,18H2,1-7H3,(H,55,56,57). The second kappa shape index (κ2) is 17.9. The number of carbonyl (C=O) groups excluding carboxylic acids is 1. The first-order valence-electron chi connectivity index (χ1n) is 18.7. The first-order chi connectivity index (χ1) is 30.3. The Morgan fingerprint density at radius 1 is 0.538 bits per heavy atom. The minimum Gasteiger partial charge on any atom is -0.495 e. The average molecular weight is 951 g/mol. The molecular weight excluding hydrogens is 917 g/mol. The van der Waals surface area contributed by atoms with E-state index in [-0.39, 0.29) is 50.8 Å². The number of ketones is 1. The number of aryl methyl sites for hydroxylation is 4. The number of halogens is 8. The van der Waals surface area contributed by atoms with E-state index >= 15 is 17.6 Å². The molecule has 6 rings (SSSR count). The number of carbonyl (C=O) groups is 1. The van der Waals surface area contributed by atoms with Crippen LogP contribution in [-0.4, -0.2) is 41.4 Å². The van der Waals surface area contributed by atoms with Crippen LogP contribution in [0.1, 0.15) is 49.3 Å². The number of ether oxygens (including phenoxy) is 3. The molecule has 0 aliphatic heterocycles. The minimum atomic E-state index is -4.71. The number of rotatable bonds is 13. The maximum Gasteiger partial charge on any atom is 0.300 e. The third kappa shape index (κ3) is 9.15. The van der Waals surface area contributed by atoms with E-state index in [1.807, 2.05) is 0 Å². The number of benzene rings is 6. The average Bonchev–Trinajstić information content (AvgIpc) is 3.25. The van der Waals surface area contributed by atoms with E-state index in [1.165, 1.54) is 57.4 Å². The van der Waals surface area contributed by atoms with E-state index in [4.69, 9.17) is 14.2 Å². The summed E-state index contributed by atoms with van der Waals surface area (Å²) in [5.41, 5.74) is -3.22. The van der Waals surface area contributed by atoms with Crippen LogP contribution in [0.15, 0.2) is 65.6 Å². The molecule has 0 atom stereocenters. The molecule has 0 radical (unpaired) electrons. The Labute approximate surface area is 366 Å². The highest BCUT2D eigenvalue weighted by atomic mass is 32.2. The maximum atomic E-state index is 15.4. The fourth-order valence-electron chi connectivity index (χ4n) is 7.05. The van der Waals surface area contributed by atoms with E-state index < -0.39 is 106 Å². The largest absolute Gasteiger partial charge is 0.495 e. The Bertz CT molecular complexity index is 3110. The van der Waals surface area contributed by atoms with E-state index in [0.717, 1.165) is 19.2 Å². The minimum absolute atomic E-state index is 0.0717. The molecule has 0 saturated carbocycles. The van der Waals surface area contributed by atoms with Gasteiger partial charge < -0.3 is 14.2 Å². The van der Waals surface area contributed by atoms with Gasteiger partial charge in [-0.25, -0.2) is 26.3 Å². The van der Waals surface area contributed by atoms with Gasteiger partial charge in [0, 0.05) is 22.3 Å². The van der Waals surface area contributed by atoms with Crippen molar-refractivity contribution in [2.45, 2.75) is 45.3 Å². The van der Waals surface area contributed by atoms with Crippen LogP contribution in [0.5, 0.6) is 28.7 Å². The molecule has 0 aliphatic carbocycles. The topological polar surface area (TPSA) is 142 Å². The quantitative estimate of drug-likeness (QED) is 0.0391. The van der Waals surface area contributed by atoms with E-state index in [2.05, 4.69) is 4.18 Å². The number of hydrogen-bond acceptors (Lipinski definition) is 9. The molecule has 0 spiro atoms. The van der Waals surface area contributed by atoms with Crippen molar-refractivity contribution >= 4 is 26.0 Å². The van der Waals surface area contributed by atoms with Crippen molar-refractivity contribution in [3.63, 3.8) is 0 Å². The highest BCUT2D eigenvalue weighted by Crippen LogP contribution is 2.44. The van der Waals surface area contributed by atoms with Crippen molar-refractivity contribution in [2.75, 3.05) is 14.2 Å². The van der Waals surface area contributed by atoms with Gasteiger partial charge in [-0.1, -0.05) is 0 Å². The molecule has 0 amide bonds. The highest BCUT2D eigenvalue weighted by Gasteiger charge is 2.35. The van der Waals surface area contributed by atoms with Crippen LogP contribution in [0.25, 0.3) is 22.3 Å². The molecule has 0 saturated heterocycles. The van der Waals surface area contributed by atoms with Gasteiger partial charge in [0.2, 0.25) is 17.4 Å². The summed E-state index contributed by atoms with van der Waals surface area (Å²) < 4.78 is 199. The molecule has 0 bridgehead atoms. The van der Waals surface area contributed by atoms with E-state index in [9.17, 15) is 43.7 Å². The molecule has 0 heterocycles. The molecule has 0 fully saturated rings. The van der Waals surface area contributed by atoms with Crippen molar-refractivity contribution in [3.05, 3.63) is 152 Å². The zero-order valence-electron chi connectivity index (χ0n) is 34.9. The molecule has 65 heavy (non-hydrogen) atoms. The van der Waals surface area contributed by atoms with Crippen LogP contribution in [0, 0.1) is 81.2 Å². The van der Waals surface area contributed by atoms with Gasteiger partial charge in [0.05, 0.1) is 25.3 Å². The lowest BCUT2D eigenvalue weighted by Crippen LogP contribution is -2.10. The van der Waals surface area contributed by atoms with E-state index in [1.54, 1.807) is 26.0 Å². The van der Waals surface area contributed by atoms with Crippen LogP contribution in [-0.2, 0) is 30.2 Å². The molecule has 10 nitrogen and oxygen atoms in total. The summed E-state index contributed by atoms with van der Waals surface area (Å²) in [5.74, 6) is -21.5. The second-order valence-corrected chi connectivity index (χ2v) is 17.8. The van der Waals surface area contributed by atoms with Crippen LogP contribution in [0.2, 0.25) is 0 Å². The highest BCUT2D eigenvalue weighted by molar-refractivity contribution is 7.86. The predicted molar refractivity (Wildman–Crippen MR) is 220 cm³/mol. The second-order valence-electron chi connectivity index (χ2n) is 14.7. The smallest absolute Gasteiger partial charge is 0.300 e. The molecule has 0 unspecified atom stereocenters. The van der Waals surface area contributed by atoms with Crippen LogP contribution in [0.3, 0.4) is 0 Å². The Kier molecular flexibility index (Phi) is 13.3. The molecule has 6 aromatic carbocycles. The van der Waals surface area contributed by atoms with Gasteiger partial charge in [-0.15, -0.1) is 0 Å². The first-order valence-corrected chi connectivity index (χ1v) is 21.7. The number of methoxy groups -OCH3 is 1. The van der Waals surface area contributed by atoms with Gasteiger partial charge in [-0.2, -0.15) is 25.6 Å². The van der Waals surface area contributed by atoms with Crippen molar-refractivity contribution < 1.29 is 79.7 Å². The first kappa shape index (κ1) is 48.1. The van der Waals surface area contributed by atoms with Gasteiger partial charge >= 0.3 is 0 Å². The monoisotopic (exact) mass is 950 g/mol. The SMILES string of the molecule is COc1ccc(C(=O)c2ccc(Oc3c(C)cc(-c4cc(C)c(Oc5c(F)c(F)c(-c6c(F)c(F)c(C)c(F)c6F)c(F)c5F)c(C)c4)cc3C)c(CS(=O)(=O)O)c2)cc1S(=O)(=O)OC. The summed E-state index contributed by atoms with van der Waals surface area (Å²) in [6, 6.07) is 13.6. The Morgan fingerprint density at radius 2 is 0.954 bits per heavy atom. The van der Waals surface area contributed by atoms with Gasteiger partial charge in [-0.05, 0) is 129 Å². The summed E-state index contributed by atoms with van der Waals surface area (Å²) in [5, 5.41) is 0. The molecule has 0 aliphatic rings. The molecule has 20 heteroatoms. The zero-order chi connectivity index (χ0) is 48.2. The third-order valence-electron chi connectivity index (χ3n) is 10.2. The summed E-state index contributed by atoms with van der Waals surface area (Å²) >= 11 is 0. The summed E-state index contributed by atoms with van der Waals surface area (Å²) in [4.78, 5) is 13.1. The lowest BCUT2D eigenvalue weighted by atomic mass is 9.96. The number of hydrogen-bond donors (Lipinski definition) is 1. The Morgan fingerprint density at radius 3 is 1.38 bits per heavy atom. The van der Waals surface area contributed by atoms with Crippen molar-refractivity contribution in [3.8, 4) is 51.0 Å². The fraction of sp³-hybridized carbons (Fsp3) is 0.178. The fourth-order valence-corrected chi connectivity index (χ4v) is 8.52. The zero-order valence-corrected chi connectivity index (χ0v) is 36.6. The lowest BCUT2D eigenvalue weighted by Gasteiger charge is -2.19. The molecule has 1 N–H and O–H groups in total. The Hall–Kier alpha value is -6.35. The molecular formula is C45H34F8O10S2. The third-order valence-corrected chi connectivity index (χ3v) is 12.2. The Balaban J connectivity index is 1.32. The maximum absolute atomic E-state index is 15.4. The molecule has 0 aromatic heterocycles. The molecule has 6 aromatic rings. The van der Waals surface area contributed by atoms with Crippen LogP contribution in [0.4, 0.5) is 35.1 Å². The van der Waals surface area contributed by atoms with Crippen molar-refractivity contribution in [1.29, 1.82) is 0 Å². The van der Waals surface area contributed by atoms with Gasteiger partial charge in [0.25, 0.3) is 20.2 Å². The molecule has 342 valence electrons. The predicted octanol–water partition coefficient (Wildman–Crippen LogP) is 11.2. The van der Waals surface area contributed by atoms with Gasteiger partial charge in [-0.3, -0.25) is 13.5 Å².